The molecule has 26 heavy (non-hydrogen) atoms. The Morgan fingerprint density at radius 2 is 1.81 bits per heavy atom. The maximum absolute atomic E-state index is 4.38. The minimum absolute atomic E-state index is 0.696. The van der Waals surface area contributed by atoms with Crippen molar-refractivity contribution in [3.8, 4) is 0 Å². The lowest BCUT2D eigenvalue weighted by atomic mass is 10.2. The second-order valence-electron chi connectivity index (χ2n) is 6.55. The van der Waals surface area contributed by atoms with E-state index in [1.165, 1.54) is 16.8 Å². The van der Waals surface area contributed by atoms with Crippen molar-refractivity contribution in [1.82, 2.24) is 24.5 Å². The van der Waals surface area contributed by atoms with E-state index in [1.54, 1.807) is 0 Å². The second-order valence-corrected chi connectivity index (χ2v) is 6.55. The van der Waals surface area contributed by atoms with Gasteiger partial charge >= 0.3 is 0 Å². The quantitative estimate of drug-likeness (QED) is 0.414. The fourth-order valence-corrected chi connectivity index (χ4v) is 3.42. The molecular weight excluding hydrogens is 324 g/mol. The minimum atomic E-state index is 0.696. The number of anilines is 1. The summed E-state index contributed by atoms with van der Waals surface area (Å²) in [6.45, 7) is 8.70. The Bertz CT molecular complexity index is 1040. The number of aromatic nitrogens is 4. The third-order valence-corrected chi connectivity index (χ3v) is 4.75. The maximum atomic E-state index is 4.38. The normalized spacial score (nSPS) is 11.5. The number of nitrogens with one attached hydrogen (secondary N) is 2. The van der Waals surface area contributed by atoms with Gasteiger partial charge in [-0.25, -0.2) is 0 Å². The zero-order valence-corrected chi connectivity index (χ0v) is 15.5. The van der Waals surface area contributed by atoms with Crippen LogP contribution < -0.4 is 10.6 Å². The molecule has 0 aliphatic rings. The predicted octanol–water partition coefficient (Wildman–Crippen LogP) is 3.33. The van der Waals surface area contributed by atoms with Gasteiger partial charge in [0.2, 0.25) is 0 Å². The number of fused-ring (bicyclic) bond motifs is 3. The van der Waals surface area contributed by atoms with Crippen LogP contribution in [-0.2, 0) is 6.54 Å². The average Bonchev–Trinajstić information content (AvgIpc) is 3.17. The minimum Gasteiger partial charge on any atom is -0.369 e. The summed E-state index contributed by atoms with van der Waals surface area (Å²) in [6, 6.07) is 15.0. The van der Waals surface area contributed by atoms with E-state index in [0.29, 0.717) is 6.67 Å². The summed E-state index contributed by atoms with van der Waals surface area (Å²) in [7, 11) is 0. The van der Waals surface area contributed by atoms with E-state index >= 15 is 0 Å². The number of pyridine rings is 1. The van der Waals surface area contributed by atoms with Crippen LogP contribution in [0.15, 0.2) is 42.5 Å². The highest BCUT2D eigenvalue weighted by molar-refractivity contribution is 5.88. The van der Waals surface area contributed by atoms with Gasteiger partial charge in [-0.2, -0.15) is 0 Å². The van der Waals surface area contributed by atoms with Crippen LogP contribution in [0.4, 0.5) is 5.69 Å². The van der Waals surface area contributed by atoms with Gasteiger partial charge in [-0.15, -0.1) is 10.2 Å². The number of benzene rings is 1. The molecule has 6 nitrogen and oxygen atoms in total. The SMILES string of the molecule is CCNCNc1cc2c(cc(C)n2Cc2ccccc2)n2c(C)nnc12. The smallest absolute Gasteiger partial charge is 0.184 e. The molecule has 3 aromatic heterocycles. The summed E-state index contributed by atoms with van der Waals surface area (Å²) in [5.74, 6) is 0.897. The molecule has 6 heteroatoms. The Labute approximate surface area is 152 Å². The molecule has 0 unspecified atom stereocenters. The molecule has 0 radical (unpaired) electrons. The third kappa shape index (κ3) is 2.82. The molecule has 3 heterocycles. The van der Waals surface area contributed by atoms with E-state index in [2.05, 4.69) is 86.1 Å². The highest BCUT2D eigenvalue weighted by Gasteiger charge is 2.16. The van der Waals surface area contributed by atoms with Crippen LogP contribution in [0.5, 0.6) is 0 Å². The lowest BCUT2D eigenvalue weighted by Crippen LogP contribution is -2.21. The molecule has 0 bridgehead atoms. The van der Waals surface area contributed by atoms with Crippen molar-refractivity contribution in [3.63, 3.8) is 0 Å². The zero-order chi connectivity index (χ0) is 18.1. The van der Waals surface area contributed by atoms with Gasteiger partial charge in [-0.1, -0.05) is 37.3 Å². The summed E-state index contributed by atoms with van der Waals surface area (Å²) >= 11 is 0. The van der Waals surface area contributed by atoms with Gasteiger partial charge in [-0.05, 0) is 38.1 Å². The van der Waals surface area contributed by atoms with Crippen molar-refractivity contribution in [2.24, 2.45) is 0 Å². The third-order valence-electron chi connectivity index (χ3n) is 4.75. The predicted molar refractivity (Wildman–Crippen MR) is 106 cm³/mol. The van der Waals surface area contributed by atoms with Crippen LogP contribution in [-0.4, -0.2) is 32.4 Å². The van der Waals surface area contributed by atoms with Gasteiger partial charge in [-0.3, -0.25) is 4.40 Å². The number of nitrogens with zero attached hydrogens (tertiary/aromatic N) is 4. The fourth-order valence-electron chi connectivity index (χ4n) is 3.42. The summed E-state index contributed by atoms with van der Waals surface area (Å²) in [5.41, 5.74) is 6.69. The Balaban J connectivity index is 1.88. The lowest BCUT2D eigenvalue weighted by Gasteiger charge is -2.12. The van der Waals surface area contributed by atoms with Gasteiger partial charge in [0, 0.05) is 12.2 Å². The highest BCUT2D eigenvalue weighted by atomic mass is 15.3. The standard InChI is InChI=1S/C20H24N6/c1-4-21-13-22-17-11-18-19(26-15(3)23-24-20(17)26)10-14(2)25(18)12-16-8-6-5-7-9-16/h5-11,21-22H,4,12-13H2,1-3H3. The molecule has 0 atom stereocenters. The zero-order valence-electron chi connectivity index (χ0n) is 15.5. The molecule has 2 N–H and O–H groups in total. The van der Waals surface area contributed by atoms with Crippen molar-refractivity contribution in [1.29, 1.82) is 0 Å². The Kier molecular flexibility index (Phi) is 4.34. The molecule has 1 aromatic carbocycles. The first-order valence-electron chi connectivity index (χ1n) is 9.02. The van der Waals surface area contributed by atoms with Crippen LogP contribution in [0.3, 0.4) is 0 Å². The maximum Gasteiger partial charge on any atom is 0.184 e. The first-order valence-corrected chi connectivity index (χ1v) is 9.02. The van der Waals surface area contributed by atoms with Gasteiger partial charge in [0.1, 0.15) is 5.82 Å². The Morgan fingerprint density at radius 1 is 1.00 bits per heavy atom. The van der Waals surface area contributed by atoms with E-state index in [1.807, 2.05) is 6.92 Å². The Hall–Kier alpha value is -2.86. The number of rotatable bonds is 6. The van der Waals surface area contributed by atoms with Gasteiger partial charge in [0.25, 0.3) is 0 Å². The summed E-state index contributed by atoms with van der Waals surface area (Å²) in [4.78, 5) is 0. The van der Waals surface area contributed by atoms with Gasteiger partial charge in [0.15, 0.2) is 5.65 Å². The van der Waals surface area contributed by atoms with Crippen LogP contribution in [0.1, 0.15) is 24.0 Å². The van der Waals surface area contributed by atoms with Crippen molar-refractivity contribution < 1.29 is 0 Å². The molecule has 0 fully saturated rings. The van der Waals surface area contributed by atoms with E-state index in [-0.39, 0.29) is 0 Å². The number of hydrogen-bond acceptors (Lipinski definition) is 4. The lowest BCUT2D eigenvalue weighted by molar-refractivity contribution is 0.770. The van der Waals surface area contributed by atoms with Crippen LogP contribution in [0.2, 0.25) is 0 Å². The molecule has 0 spiro atoms. The van der Waals surface area contributed by atoms with Crippen LogP contribution in [0.25, 0.3) is 16.7 Å². The fraction of sp³-hybridized carbons (Fsp3) is 0.300. The molecule has 0 aliphatic heterocycles. The highest BCUT2D eigenvalue weighted by Crippen LogP contribution is 2.28. The molecule has 4 rings (SSSR count). The Morgan fingerprint density at radius 3 is 2.58 bits per heavy atom. The summed E-state index contributed by atoms with van der Waals surface area (Å²) in [5, 5.41) is 15.4. The van der Waals surface area contributed by atoms with E-state index < -0.39 is 0 Å². The van der Waals surface area contributed by atoms with Crippen LogP contribution in [0, 0.1) is 13.8 Å². The summed E-state index contributed by atoms with van der Waals surface area (Å²) in [6.07, 6.45) is 0. The molecule has 0 amide bonds. The molecular formula is C20H24N6. The largest absolute Gasteiger partial charge is 0.369 e. The number of hydrogen-bond donors (Lipinski definition) is 2. The first-order chi connectivity index (χ1) is 12.7. The molecule has 0 saturated heterocycles. The van der Waals surface area contributed by atoms with Crippen molar-refractivity contribution in [2.75, 3.05) is 18.5 Å². The first kappa shape index (κ1) is 16.6. The van der Waals surface area contributed by atoms with E-state index in [9.17, 15) is 0 Å². The molecule has 0 aliphatic carbocycles. The van der Waals surface area contributed by atoms with E-state index in [0.717, 1.165) is 35.8 Å². The van der Waals surface area contributed by atoms with E-state index in [4.69, 9.17) is 0 Å². The topological polar surface area (TPSA) is 59.2 Å². The molecule has 134 valence electrons. The van der Waals surface area contributed by atoms with Crippen molar-refractivity contribution >= 4 is 22.4 Å². The average molecular weight is 348 g/mol. The summed E-state index contributed by atoms with van der Waals surface area (Å²) < 4.78 is 4.49. The molecule has 0 saturated carbocycles. The van der Waals surface area contributed by atoms with Crippen LogP contribution >= 0.6 is 0 Å². The number of aryl methyl sites for hydroxylation is 2. The molecule has 4 aromatic rings. The second kappa shape index (κ2) is 6.80. The van der Waals surface area contributed by atoms with Crippen molar-refractivity contribution in [2.45, 2.75) is 27.3 Å². The van der Waals surface area contributed by atoms with Crippen molar-refractivity contribution in [3.05, 3.63) is 59.5 Å². The monoisotopic (exact) mass is 348 g/mol. The van der Waals surface area contributed by atoms with Gasteiger partial charge in [0.05, 0.1) is 23.4 Å². The van der Waals surface area contributed by atoms with Gasteiger partial charge < -0.3 is 15.2 Å².